The Morgan fingerprint density at radius 1 is 1.50 bits per heavy atom. The van der Waals surface area contributed by atoms with Crippen LogP contribution in [0, 0.1) is 0 Å². The Kier molecular flexibility index (Phi) is 5.93. The van der Waals surface area contributed by atoms with Gasteiger partial charge in [-0.2, -0.15) is 0 Å². The van der Waals surface area contributed by atoms with Crippen molar-refractivity contribution in [2.24, 2.45) is 0 Å². The average molecular weight is 234 g/mol. The van der Waals surface area contributed by atoms with Gasteiger partial charge in [0.05, 0.1) is 9.92 Å². The molecule has 0 bridgehead atoms. The first-order valence-corrected chi connectivity index (χ1v) is 4.34. The molecule has 0 aliphatic heterocycles. The molecule has 7 heteroatoms. The summed E-state index contributed by atoms with van der Waals surface area (Å²) in [6.45, 7) is 0. The van der Waals surface area contributed by atoms with Crippen LogP contribution in [0.5, 0.6) is 0 Å². The van der Waals surface area contributed by atoms with Crippen molar-refractivity contribution in [2.75, 3.05) is 0 Å². The molecule has 0 fully saturated rings. The van der Waals surface area contributed by atoms with E-state index >= 15 is 0 Å². The van der Waals surface area contributed by atoms with Gasteiger partial charge in [0.15, 0.2) is 0 Å². The molecule has 0 saturated carbocycles. The SMILES string of the molecule is O=S([O-])c1cnc(Cl)cc1Cl.[Na+]. The predicted octanol–water partition coefficient (Wildman–Crippen LogP) is -1.37. The molecule has 0 aliphatic carbocycles. The van der Waals surface area contributed by atoms with E-state index in [2.05, 4.69) is 4.98 Å². The first-order valence-electron chi connectivity index (χ1n) is 2.51. The van der Waals surface area contributed by atoms with Gasteiger partial charge in [-0.25, -0.2) is 4.98 Å². The maximum Gasteiger partial charge on any atom is 1.00 e. The third kappa shape index (κ3) is 3.30. The Morgan fingerprint density at radius 3 is 2.50 bits per heavy atom. The fraction of sp³-hybridized carbons (Fsp3) is 0. The largest absolute Gasteiger partial charge is 1.00 e. The molecule has 0 N–H and O–H groups in total. The zero-order valence-electron chi connectivity index (χ0n) is 6.08. The molecule has 0 amide bonds. The van der Waals surface area contributed by atoms with Gasteiger partial charge in [0, 0.05) is 6.20 Å². The van der Waals surface area contributed by atoms with Crippen LogP contribution < -0.4 is 29.6 Å². The van der Waals surface area contributed by atoms with Gasteiger partial charge in [-0.1, -0.05) is 23.2 Å². The standard InChI is InChI=1S/C5H3Cl2NO2S.Na/c6-3-1-5(7)8-2-4(3)11(9)10;/h1-2H,(H,9,10);/q;+1/p-1. The van der Waals surface area contributed by atoms with Crippen molar-refractivity contribution in [3.05, 3.63) is 22.4 Å². The van der Waals surface area contributed by atoms with Gasteiger partial charge in [-0.05, 0) is 17.1 Å². The number of halogens is 2. The Hall–Kier alpha value is 0.840. The fourth-order valence-electron chi connectivity index (χ4n) is 0.518. The molecule has 1 atom stereocenters. The molecule has 1 aromatic rings. The van der Waals surface area contributed by atoms with Gasteiger partial charge in [0.1, 0.15) is 5.15 Å². The molecule has 0 radical (unpaired) electrons. The van der Waals surface area contributed by atoms with E-state index in [0.717, 1.165) is 6.20 Å². The summed E-state index contributed by atoms with van der Waals surface area (Å²) in [7, 11) is 0. The summed E-state index contributed by atoms with van der Waals surface area (Å²) in [5.41, 5.74) is 0. The van der Waals surface area contributed by atoms with Crippen molar-refractivity contribution < 1.29 is 38.3 Å². The summed E-state index contributed by atoms with van der Waals surface area (Å²) in [6.07, 6.45) is 1.10. The van der Waals surface area contributed by atoms with Crippen LogP contribution in [0.1, 0.15) is 0 Å². The normalized spacial score (nSPS) is 11.9. The number of hydrogen-bond donors (Lipinski definition) is 0. The second-order valence-corrected chi connectivity index (χ2v) is 3.38. The Labute approximate surface area is 104 Å². The topological polar surface area (TPSA) is 53.0 Å². The van der Waals surface area contributed by atoms with E-state index in [1.807, 2.05) is 0 Å². The zero-order valence-corrected chi connectivity index (χ0v) is 10.4. The predicted molar refractivity (Wildman–Crippen MR) is 41.4 cm³/mol. The second kappa shape index (κ2) is 5.54. The third-order valence-electron chi connectivity index (χ3n) is 0.966. The molecule has 0 saturated heterocycles. The van der Waals surface area contributed by atoms with Gasteiger partial charge >= 0.3 is 29.6 Å². The maximum atomic E-state index is 10.4. The minimum atomic E-state index is -2.35. The first-order chi connectivity index (χ1) is 5.11. The van der Waals surface area contributed by atoms with Crippen molar-refractivity contribution in [3.63, 3.8) is 0 Å². The van der Waals surface area contributed by atoms with Crippen LogP contribution in [0.2, 0.25) is 10.2 Å². The summed E-state index contributed by atoms with van der Waals surface area (Å²) in [5.74, 6) is 0. The summed E-state index contributed by atoms with van der Waals surface area (Å²) in [6, 6.07) is 1.27. The number of rotatable bonds is 1. The molecule has 1 aromatic heterocycles. The van der Waals surface area contributed by atoms with E-state index in [9.17, 15) is 8.76 Å². The molecular weight excluding hydrogens is 232 g/mol. The van der Waals surface area contributed by atoms with Gasteiger partial charge in [-0.15, -0.1) is 0 Å². The number of aromatic nitrogens is 1. The number of pyridine rings is 1. The van der Waals surface area contributed by atoms with Crippen LogP contribution in [-0.2, 0) is 11.1 Å². The zero-order chi connectivity index (χ0) is 8.43. The van der Waals surface area contributed by atoms with Crippen molar-refractivity contribution in [1.29, 1.82) is 0 Å². The number of hydrogen-bond acceptors (Lipinski definition) is 3. The summed E-state index contributed by atoms with van der Waals surface area (Å²) in [5, 5.41) is 0.252. The molecule has 0 aliphatic rings. The van der Waals surface area contributed by atoms with Crippen LogP contribution in [0.25, 0.3) is 0 Å². The average Bonchev–Trinajstić information content (AvgIpc) is 1.85. The molecule has 60 valence electrons. The van der Waals surface area contributed by atoms with Crippen molar-refractivity contribution in [2.45, 2.75) is 4.90 Å². The van der Waals surface area contributed by atoms with Crippen LogP contribution in [0.15, 0.2) is 17.2 Å². The van der Waals surface area contributed by atoms with Gasteiger partial charge < -0.3 is 4.55 Å². The van der Waals surface area contributed by atoms with Gasteiger partial charge in [0.25, 0.3) is 0 Å². The minimum absolute atomic E-state index is 0. The smallest absolute Gasteiger partial charge is 0.768 e. The Bertz CT molecular complexity index is 309. The minimum Gasteiger partial charge on any atom is -0.768 e. The van der Waals surface area contributed by atoms with Crippen LogP contribution in [0.3, 0.4) is 0 Å². The monoisotopic (exact) mass is 233 g/mol. The van der Waals surface area contributed by atoms with E-state index in [1.54, 1.807) is 0 Å². The summed E-state index contributed by atoms with van der Waals surface area (Å²) in [4.78, 5) is 3.50. The van der Waals surface area contributed by atoms with E-state index in [4.69, 9.17) is 23.2 Å². The molecule has 1 heterocycles. The molecule has 1 rings (SSSR count). The van der Waals surface area contributed by atoms with Gasteiger partial charge in [-0.3, -0.25) is 4.21 Å². The van der Waals surface area contributed by atoms with E-state index in [1.165, 1.54) is 6.07 Å². The Morgan fingerprint density at radius 2 is 2.08 bits per heavy atom. The van der Waals surface area contributed by atoms with E-state index in [0.29, 0.717) is 0 Å². The molecule has 0 aromatic carbocycles. The van der Waals surface area contributed by atoms with E-state index < -0.39 is 11.1 Å². The molecule has 0 spiro atoms. The summed E-state index contributed by atoms with van der Waals surface area (Å²) >= 11 is 8.58. The maximum absolute atomic E-state index is 10.4. The van der Waals surface area contributed by atoms with Crippen LogP contribution in [-0.4, -0.2) is 13.7 Å². The van der Waals surface area contributed by atoms with Crippen molar-refractivity contribution >= 4 is 34.3 Å². The second-order valence-electron chi connectivity index (χ2n) is 1.67. The number of nitrogens with zero attached hydrogens (tertiary/aromatic N) is 1. The Balaban J connectivity index is 0.00000121. The third-order valence-corrected chi connectivity index (χ3v) is 2.28. The van der Waals surface area contributed by atoms with E-state index in [-0.39, 0.29) is 44.6 Å². The summed E-state index contributed by atoms with van der Waals surface area (Å²) < 4.78 is 20.7. The molecule has 3 nitrogen and oxygen atoms in total. The molecule has 1 unspecified atom stereocenters. The quantitative estimate of drug-likeness (QED) is 0.342. The van der Waals surface area contributed by atoms with Gasteiger partial charge in [0.2, 0.25) is 0 Å². The fourth-order valence-corrected chi connectivity index (χ4v) is 1.43. The first kappa shape index (κ1) is 12.8. The molecule has 12 heavy (non-hydrogen) atoms. The van der Waals surface area contributed by atoms with Crippen molar-refractivity contribution in [1.82, 2.24) is 4.98 Å². The van der Waals surface area contributed by atoms with Crippen LogP contribution >= 0.6 is 23.2 Å². The van der Waals surface area contributed by atoms with Crippen molar-refractivity contribution in [3.8, 4) is 0 Å². The van der Waals surface area contributed by atoms with Crippen LogP contribution in [0.4, 0.5) is 0 Å². The molecular formula is C5H2Cl2NNaO2S.